The van der Waals surface area contributed by atoms with Gasteiger partial charge in [-0.2, -0.15) is 5.10 Å². The lowest BCUT2D eigenvalue weighted by Crippen LogP contribution is -2.33. The second-order valence-corrected chi connectivity index (χ2v) is 10.4. The van der Waals surface area contributed by atoms with Crippen molar-refractivity contribution in [3.05, 3.63) is 130 Å². The van der Waals surface area contributed by atoms with Crippen LogP contribution in [0.4, 0.5) is 5.69 Å². The molecule has 0 heterocycles. The Bertz CT molecular complexity index is 1470. The van der Waals surface area contributed by atoms with Crippen LogP contribution >= 0.6 is 11.6 Å². The van der Waals surface area contributed by atoms with Crippen molar-refractivity contribution in [2.75, 3.05) is 4.31 Å². The monoisotopic (exact) mass is 517 g/mol. The molecular weight excluding hydrogens is 494 g/mol. The molecule has 1 amide bonds. The number of carbonyl (C=O) groups excluding carboxylic acids is 1. The fourth-order valence-corrected chi connectivity index (χ4v) is 5.14. The molecule has 0 saturated carbocycles. The summed E-state index contributed by atoms with van der Waals surface area (Å²) in [5.41, 5.74) is 5.40. The van der Waals surface area contributed by atoms with Gasteiger partial charge in [0, 0.05) is 5.02 Å². The third-order valence-electron chi connectivity index (χ3n) is 5.45. The molecule has 0 radical (unpaired) electrons. The number of halogens is 1. The van der Waals surface area contributed by atoms with Gasteiger partial charge in [-0.15, -0.1) is 0 Å². The first-order valence-electron chi connectivity index (χ1n) is 11.2. The quantitative estimate of drug-likeness (QED) is 0.237. The lowest BCUT2D eigenvalue weighted by Gasteiger charge is -2.26. The third-order valence-corrected chi connectivity index (χ3v) is 7.47. The van der Waals surface area contributed by atoms with E-state index in [1.807, 2.05) is 37.3 Å². The van der Waals surface area contributed by atoms with Crippen molar-refractivity contribution >= 4 is 39.4 Å². The number of rotatable bonds is 8. The Morgan fingerprint density at radius 2 is 1.53 bits per heavy atom. The minimum absolute atomic E-state index is 0.0510. The van der Waals surface area contributed by atoms with Crippen LogP contribution in [0.2, 0.25) is 5.02 Å². The SMILES string of the molecule is Cc1ccc(S(=O)(=O)N(Cc2ccccc2)c2ccccc2C(=O)N/N=C\c2ccc(Cl)cc2)cc1. The molecule has 4 aromatic carbocycles. The minimum Gasteiger partial charge on any atom is -0.267 e. The van der Waals surface area contributed by atoms with E-state index < -0.39 is 15.9 Å². The van der Waals surface area contributed by atoms with Gasteiger partial charge in [-0.25, -0.2) is 13.8 Å². The molecule has 0 spiro atoms. The van der Waals surface area contributed by atoms with Gasteiger partial charge in [-0.1, -0.05) is 83.9 Å². The molecule has 8 heteroatoms. The van der Waals surface area contributed by atoms with Crippen LogP contribution in [-0.2, 0) is 16.6 Å². The van der Waals surface area contributed by atoms with Crippen molar-refractivity contribution in [1.82, 2.24) is 5.43 Å². The van der Waals surface area contributed by atoms with Crippen LogP contribution in [0.1, 0.15) is 27.0 Å². The Morgan fingerprint density at radius 3 is 2.22 bits per heavy atom. The zero-order chi connectivity index (χ0) is 25.5. The maximum atomic E-state index is 13.8. The molecule has 4 rings (SSSR count). The van der Waals surface area contributed by atoms with E-state index in [-0.39, 0.29) is 22.7 Å². The van der Waals surface area contributed by atoms with Crippen LogP contribution in [-0.4, -0.2) is 20.5 Å². The topological polar surface area (TPSA) is 78.8 Å². The predicted molar refractivity (Wildman–Crippen MR) is 144 cm³/mol. The fraction of sp³-hybridized carbons (Fsp3) is 0.0714. The van der Waals surface area contributed by atoms with Crippen LogP contribution in [0.15, 0.2) is 113 Å². The van der Waals surface area contributed by atoms with E-state index >= 15 is 0 Å². The zero-order valence-corrected chi connectivity index (χ0v) is 21.1. The smallest absolute Gasteiger partial charge is 0.267 e. The largest absolute Gasteiger partial charge is 0.273 e. The van der Waals surface area contributed by atoms with Crippen molar-refractivity contribution in [2.24, 2.45) is 5.10 Å². The summed E-state index contributed by atoms with van der Waals surface area (Å²) in [5, 5.41) is 4.62. The first-order chi connectivity index (χ1) is 17.3. The molecule has 0 unspecified atom stereocenters. The fourth-order valence-electron chi connectivity index (χ4n) is 3.54. The van der Waals surface area contributed by atoms with Gasteiger partial charge in [-0.3, -0.25) is 9.10 Å². The van der Waals surface area contributed by atoms with Gasteiger partial charge in [0.05, 0.1) is 28.9 Å². The highest BCUT2D eigenvalue weighted by molar-refractivity contribution is 7.92. The van der Waals surface area contributed by atoms with Gasteiger partial charge >= 0.3 is 0 Å². The lowest BCUT2D eigenvalue weighted by atomic mass is 10.1. The summed E-state index contributed by atoms with van der Waals surface area (Å²) in [4.78, 5) is 13.2. The highest BCUT2D eigenvalue weighted by Crippen LogP contribution is 2.29. The van der Waals surface area contributed by atoms with Crippen LogP contribution in [0, 0.1) is 6.92 Å². The molecule has 0 aliphatic heterocycles. The number of hydrogen-bond acceptors (Lipinski definition) is 4. The minimum atomic E-state index is -3.99. The highest BCUT2D eigenvalue weighted by atomic mass is 35.5. The Balaban J connectivity index is 1.70. The lowest BCUT2D eigenvalue weighted by molar-refractivity contribution is 0.0956. The summed E-state index contributed by atoms with van der Waals surface area (Å²) >= 11 is 5.90. The maximum Gasteiger partial charge on any atom is 0.273 e. The number of benzene rings is 4. The van der Waals surface area contributed by atoms with Crippen LogP contribution in [0.25, 0.3) is 0 Å². The average Bonchev–Trinajstić information content (AvgIpc) is 2.89. The molecule has 0 saturated heterocycles. The van der Waals surface area contributed by atoms with Gasteiger partial charge in [0.1, 0.15) is 0 Å². The Hall–Kier alpha value is -3.94. The van der Waals surface area contributed by atoms with Gasteiger partial charge in [0.15, 0.2) is 0 Å². The van der Waals surface area contributed by atoms with Crippen molar-refractivity contribution in [3.8, 4) is 0 Å². The van der Waals surface area contributed by atoms with Gasteiger partial charge in [-0.05, 0) is 54.4 Å². The first-order valence-corrected chi connectivity index (χ1v) is 13.0. The van der Waals surface area contributed by atoms with E-state index in [2.05, 4.69) is 10.5 Å². The van der Waals surface area contributed by atoms with Gasteiger partial charge < -0.3 is 0 Å². The number of anilines is 1. The van der Waals surface area contributed by atoms with Gasteiger partial charge in [0.2, 0.25) is 0 Å². The summed E-state index contributed by atoms with van der Waals surface area (Å²) in [5.74, 6) is -0.534. The molecule has 4 aromatic rings. The second-order valence-electron chi connectivity index (χ2n) is 8.08. The second kappa shape index (κ2) is 11.2. The summed E-state index contributed by atoms with van der Waals surface area (Å²) in [7, 11) is -3.99. The van der Waals surface area contributed by atoms with Gasteiger partial charge in [0.25, 0.3) is 15.9 Å². The highest BCUT2D eigenvalue weighted by Gasteiger charge is 2.28. The molecule has 0 fully saturated rings. The number of aryl methyl sites for hydroxylation is 1. The molecule has 0 bridgehead atoms. The number of nitrogens with zero attached hydrogens (tertiary/aromatic N) is 2. The third kappa shape index (κ3) is 6.00. The summed E-state index contributed by atoms with van der Waals surface area (Å²) < 4.78 is 28.9. The van der Waals surface area contributed by atoms with Crippen LogP contribution < -0.4 is 9.73 Å². The van der Waals surface area contributed by atoms with Crippen LogP contribution in [0.5, 0.6) is 0 Å². The van der Waals surface area contributed by atoms with Crippen molar-refractivity contribution < 1.29 is 13.2 Å². The average molecular weight is 518 g/mol. The van der Waals surface area contributed by atoms with Crippen molar-refractivity contribution in [3.63, 3.8) is 0 Å². The number of nitrogens with one attached hydrogen (secondary N) is 1. The molecule has 0 aliphatic carbocycles. The molecule has 6 nitrogen and oxygen atoms in total. The van der Waals surface area contributed by atoms with Crippen LogP contribution in [0.3, 0.4) is 0 Å². The van der Waals surface area contributed by atoms with E-state index in [9.17, 15) is 13.2 Å². The molecule has 0 atom stereocenters. The van der Waals surface area contributed by atoms with E-state index in [1.165, 1.54) is 10.5 Å². The first kappa shape index (κ1) is 25.2. The number of hydrogen-bond donors (Lipinski definition) is 1. The van der Waals surface area contributed by atoms with Crippen molar-refractivity contribution in [2.45, 2.75) is 18.4 Å². The van der Waals surface area contributed by atoms with E-state index in [1.54, 1.807) is 72.8 Å². The summed E-state index contributed by atoms with van der Waals surface area (Å²) in [6.45, 7) is 1.94. The molecule has 182 valence electrons. The number of para-hydroxylation sites is 1. The van der Waals surface area contributed by atoms with E-state index in [0.717, 1.165) is 16.7 Å². The summed E-state index contributed by atoms with van der Waals surface area (Å²) in [6, 6.07) is 29.4. The number of amides is 1. The van der Waals surface area contributed by atoms with E-state index in [0.29, 0.717) is 5.02 Å². The number of sulfonamides is 1. The number of carbonyl (C=O) groups is 1. The summed E-state index contributed by atoms with van der Waals surface area (Å²) in [6.07, 6.45) is 1.49. The molecule has 0 aromatic heterocycles. The number of hydrazone groups is 1. The normalized spacial score (nSPS) is 11.4. The Kier molecular flexibility index (Phi) is 7.83. The van der Waals surface area contributed by atoms with Crippen molar-refractivity contribution in [1.29, 1.82) is 0 Å². The van der Waals surface area contributed by atoms with E-state index in [4.69, 9.17) is 11.6 Å². The standard InChI is InChI=1S/C28H24ClN3O3S/c1-21-11-17-25(18-12-21)36(34,35)32(20-23-7-3-2-4-8-23)27-10-6-5-9-26(27)28(33)31-30-19-22-13-15-24(29)16-14-22/h2-19H,20H2,1H3,(H,31,33)/b30-19-. The molecule has 0 aliphatic rings. The Labute approximate surface area is 215 Å². The molecule has 1 N–H and O–H groups in total. The molecular formula is C28H24ClN3O3S. The predicted octanol–water partition coefficient (Wildman–Crippen LogP) is 5.81. The maximum absolute atomic E-state index is 13.8. The Morgan fingerprint density at radius 1 is 0.889 bits per heavy atom. The molecule has 36 heavy (non-hydrogen) atoms. The zero-order valence-electron chi connectivity index (χ0n) is 19.5.